The first-order valence-corrected chi connectivity index (χ1v) is 6.68. The Hall–Kier alpha value is -0.300. The Labute approximate surface area is 117 Å². The maximum Gasteiger partial charge on any atom is 0.0395 e. The van der Waals surface area contributed by atoms with E-state index in [1.165, 1.54) is 7.14 Å². The van der Waals surface area contributed by atoms with Crippen LogP contribution in [0.15, 0.2) is 48.5 Å². The van der Waals surface area contributed by atoms with Crippen LogP contribution in [0.3, 0.4) is 0 Å². The minimum atomic E-state index is 1.12. The zero-order valence-corrected chi connectivity index (χ0v) is 12.2. The zero-order chi connectivity index (χ0) is 10.7. The van der Waals surface area contributed by atoms with E-state index in [1.807, 2.05) is 18.2 Å². The lowest BCUT2D eigenvalue weighted by atomic mass is 10.3. The Morgan fingerprint density at radius 3 is 2.13 bits per heavy atom. The Morgan fingerprint density at radius 2 is 1.47 bits per heavy atom. The third kappa shape index (κ3) is 3.07. The fourth-order valence-electron chi connectivity index (χ4n) is 1.26. The van der Waals surface area contributed by atoms with Crippen molar-refractivity contribution in [3.8, 4) is 0 Å². The minimum Gasteiger partial charge on any atom is -0.355 e. The molecule has 0 aliphatic heterocycles. The molecule has 0 aliphatic rings. The first kappa shape index (κ1) is 11.2. The van der Waals surface area contributed by atoms with Crippen molar-refractivity contribution in [2.75, 3.05) is 5.32 Å². The van der Waals surface area contributed by atoms with Crippen LogP contribution < -0.4 is 5.32 Å². The molecule has 0 heterocycles. The van der Waals surface area contributed by atoms with Gasteiger partial charge in [-0.1, -0.05) is 18.2 Å². The number of benzene rings is 2. The summed E-state index contributed by atoms with van der Waals surface area (Å²) < 4.78 is 2.56. The van der Waals surface area contributed by atoms with Crippen molar-refractivity contribution in [3.05, 3.63) is 55.7 Å². The predicted molar refractivity (Wildman–Crippen MR) is 81.6 cm³/mol. The Kier molecular flexibility index (Phi) is 3.85. The maximum atomic E-state index is 3.36. The van der Waals surface area contributed by atoms with Crippen LogP contribution in [0.1, 0.15) is 0 Å². The van der Waals surface area contributed by atoms with E-state index in [9.17, 15) is 0 Å². The number of para-hydroxylation sites is 1. The number of hydrogen-bond acceptors (Lipinski definition) is 1. The van der Waals surface area contributed by atoms with Crippen LogP contribution in [-0.2, 0) is 0 Å². The van der Waals surface area contributed by atoms with Crippen LogP contribution in [0.4, 0.5) is 11.4 Å². The van der Waals surface area contributed by atoms with Crippen LogP contribution in [0, 0.1) is 7.14 Å². The highest BCUT2D eigenvalue weighted by molar-refractivity contribution is 14.1. The Morgan fingerprint density at radius 1 is 0.733 bits per heavy atom. The predicted octanol–water partition coefficient (Wildman–Crippen LogP) is 4.64. The standard InChI is InChI=1S/C12H9I2N/c13-11-7-6-10(8-12(11)14)15-9-4-2-1-3-5-9/h1-8,15H. The lowest BCUT2D eigenvalue weighted by Crippen LogP contribution is -1.91. The van der Waals surface area contributed by atoms with Crippen LogP contribution in [0.5, 0.6) is 0 Å². The number of halogens is 2. The van der Waals surface area contributed by atoms with E-state index < -0.39 is 0 Å². The molecule has 0 radical (unpaired) electrons. The van der Waals surface area contributed by atoms with Crippen LogP contribution in [0.25, 0.3) is 0 Å². The number of hydrogen-bond donors (Lipinski definition) is 1. The summed E-state index contributed by atoms with van der Waals surface area (Å²) in [6, 6.07) is 16.6. The SMILES string of the molecule is Ic1ccc(Nc2ccccc2)cc1I. The molecule has 0 saturated carbocycles. The second kappa shape index (κ2) is 5.16. The third-order valence-electron chi connectivity index (χ3n) is 1.98. The monoisotopic (exact) mass is 421 g/mol. The molecule has 0 unspecified atom stereocenters. The average molecular weight is 421 g/mol. The van der Waals surface area contributed by atoms with Gasteiger partial charge in [0.05, 0.1) is 0 Å². The summed E-state index contributed by atoms with van der Waals surface area (Å²) in [4.78, 5) is 0. The molecule has 0 atom stereocenters. The minimum absolute atomic E-state index is 1.12. The molecule has 0 aliphatic carbocycles. The van der Waals surface area contributed by atoms with Gasteiger partial charge >= 0.3 is 0 Å². The van der Waals surface area contributed by atoms with E-state index in [-0.39, 0.29) is 0 Å². The van der Waals surface area contributed by atoms with Crippen molar-refractivity contribution in [1.29, 1.82) is 0 Å². The summed E-state index contributed by atoms with van der Waals surface area (Å²) in [5.74, 6) is 0. The van der Waals surface area contributed by atoms with Crippen molar-refractivity contribution < 1.29 is 0 Å². The molecule has 0 amide bonds. The van der Waals surface area contributed by atoms with Crippen molar-refractivity contribution in [2.45, 2.75) is 0 Å². The molecule has 1 nitrogen and oxygen atoms in total. The molecule has 0 aromatic heterocycles. The summed E-state index contributed by atoms with van der Waals surface area (Å²) in [6.07, 6.45) is 0. The molecule has 15 heavy (non-hydrogen) atoms. The topological polar surface area (TPSA) is 12.0 Å². The Balaban J connectivity index is 2.22. The fraction of sp³-hybridized carbons (Fsp3) is 0. The molecule has 76 valence electrons. The number of anilines is 2. The lowest BCUT2D eigenvalue weighted by Gasteiger charge is -2.07. The molecule has 0 spiro atoms. The van der Waals surface area contributed by atoms with Crippen molar-refractivity contribution >= 4 is 56.6 Å². The third-order valence-corrected chi connectivity index (χ3v) is 4.85. The quantitative estimate of drug-likeness (QED) is 0.698. The molecule has 2 aromatic rings. The summed E-state index contributed by atoms with van der Waals surface area (Å²) in [7, 11) is 0. The molecule has 0 saturated heterocycles. The number of nitrogens with one attached hydrogen (secondary N) is 1. The van der Waals surface area contributed by atoms with E-state index in [0.29, 0.717) is 0 Å². The van der Waals surface area contributed by atoms with Gasteiger partial charge in [-0.3, -0.25) is 0 Å². The van der Waals surface area contributed by atoms with E-state index in [2.05, 4.69) is 80.8 Å². The molecular formula is C12H9I2N. The van der Waals surface area contributed by atoms with Crippen LogP contribution in [-0.4, -0.2) is 0 Å². The van der Waals surface area contributed by atoms with Gasteiger partial charge in [0.25, 0.3) is 0 Å². The van der Waals surface area contributed by atoms with Gasteiger partial charge in [-0.15, -0.1) is 0 Å². The van der Waals surface area contributed by atoms with Gasteiger partial charge in [-0.2, -0.15) is 0 Å². The van der Waals surface area contributed by atoms with E-state index in [4.69, 9.17) is 0 Å². The van der Waals surface area contributed by atoms with E-state index >= 15 is 0 Å². The van der Waals surface area contributed by atoms with E-state index in [0.717, 1.165) is 11.4 Å². The highest BCUT2D eigenvalue weighted by atomic mass is 127. The summed E-state index contributed by atoms with van der Waals surface area (Å²) in [6.45, 7) is 0. The molecule has 1 N–H and O–H groups in total. The van der Waals surface area contributed by atoms with Crippen molar-refractivity contribution in [2.24, 2.45) is 0 Å². The molecule has 2 rings (SSSR count). The summed E-state index contributed by atoms with van der Waals surface area (Å²) >= 11 is 4.68. The van der Waals surface area contributed by atoms with E-state index in [1.54, 1.807) is 0 Å². The van der Waals surface area contributed by atoms with Crippen molar-refractivity contribution in [3.63, 3.8) is 0 Å². The second-order valence-electron chi connectivity index (χ2n) is 3.12. The smallest absolute Gasteiger partial charge is 0.0395 e. The van der Waals surface area contributed by atoms with Gasteiger partial charge < -0.3 is 5.32 Å². The van der Waals surface area contributed by atoms with Crippen LogP contribution >= 0.6 is 45.2 Å². The van der Waals surface area contributed by atoms with Gasteiger partial charge in [0.1, 0.15) is 0 Å². The van der Waals surface area contributed by atoms with Gasteiger partial charge in [0.2, 0.25) is 0 Å². The molecule has 2 aromatic carbocycles. The largest absolute Gasteiger partial charge is 0.355 e. The summed E-state index contributed by atoms with van der Waals surface area (Å²) in [5, 5.41) is 3.36. The first-order valence-electron chi connectivity index (χ1n) is 4.53. The second-order valence-corrected chi connectivity index (χ2v) is 5.44. The van der Waals surface area contributed by atoms with Gasteiger partial charge in [-0.25, -0.2) is 0 Å². The fourth-order valence-corrected chi connectivity index (χ4v) is 2.11. The Bertz CT molecular complexity index is 454. The van der Waals surface area contributed by atoms with Crippen LogP contribution in [0.2, 0.25) is 0 Å². The summed E-state index contributed by atoms with van der Waals surface area (Å²) in [5.41, 5.74) is 2.25. The molecule has 0 fully saturated rings. The molecular weight excluding hydrogens is 412 g/mol. The highest BCUT2D eigenvalue weighted by Gasteiger charge is 1.98. The lowest BCUT2D eigenvalue weighted by molar-refractivity contribution is 1.51. The van der Waals surface area contributed by atoms with Gasteiger partial charge in [0, 0.05) is 18.5 Å². The maximum absolute atomic E-state index is 3.36. The first-order chi connectivity index (χ1) is 7.25. The number of rotatable bonds is 2. The van der Waals surface area contributed by atoms with Gasteiger partial charge in [-0.05, 0) is 75.5 Å². The zero-order valence-electron chi connectivity index (χ0n) is 7.87. The normalized spacial score (nSPS) is 10.0. The molecule has 3 heteroatoms. The highest BCUT2D eigenvalue weighted by Crippen LogP contribution is 2.22. The molecule has 0 bridgehead atoms. The average Bonchev–Trinajstić information content (AvgIpc) is 2.25. The van der Waals surface area contributed by atoms with Crippen molar-refractivity contribution in [1.82, 2.24) is 0 Å². The van der Waals surface area contributed by atoms with Gasteiger partial charge in [0.15, 0.2) is 0 Å².